The summed E-state index contributed by atoms with van der Waals surface area (Å²) in [5, 5.41) is 0. The Kier molecular flexibility index (Phi) is 6.46. The Morgan fingerprint density at radius 3 is 2.56 bits per heavy atom. The average molecular weight is 275 g/mol. The molecule has 0 aromatic heterocycles. The third kappa shape index (κ3) is 3.87. The zero-order chi connectivity index (χ0) is 13.7. The van der Waals surface area contributed by atoms with Crippen LogP contribution in [-0.4, -0.2) is 35.9 Å². The van der Waals surface area contributed by atoms with Crippen molar-refractivity contribution in [2.24, 2.45) is 17.6 Å². The van der Waals surface area contributed by atoms with Gasteiger partial charge in [-0.05, 0) is 12.3 Å². The van der Waals surface area contributed by atoms with Crippen LogP contribution in [0.15, 0.2) is 0 Å². The number of thioether (sulfide) groups is 1. The molecule has 4 nitrogen and oxygen atoms in total. The van der Waals surface area contributed by atoms with Crippen molar-refractivity contribution in [3.05, 3.63) is 0 Å². The number of carbonyl (C=O) groups is 1. The van der Waals surface area contributed by atoms with E-state index in [0.29, 0.717) is 18.4 Å². The van der Waals surface area contributed by atoms with Crippen molar-refractivity contribution in [3.8, 4) is 0 Å². The van der Waals surface area contributed by atoms with Crippen molar-refractivity contribution in [3.63, 3.8) is 0 Å². The van der Waals surface area contributed by atoms with Gasteiger partial charge >= 0.3 is 5.97 Å². The first kappa shape index (κ1) is 15.8. The van der Waals surface area contributed by atoms with Crippen molar-refractivity contribution in [1.82, 2.24) is 0 Å². The number of hydrogen-bond acceptors (Lipinski definition) is 5. The average Bonchev–Trinajstić information content (AvgIpc) is 2.33. The second-order valence-corrected chi connectivity index (χ2v) is 6.11. The summed E-state index contributed by atoms with van der Waals surface area (Å²) in [6, 6.07) is 0. The van der Waals surface area contributed by atoms with E-state index in [0.717, 1.165) is 12.2 Å². The van der Waals surface area contributed by atoms with Crippen LogP contribution in [0.5, 0.6) is 0 Å². The topological polar surface area (TPSA) is 61.6 Å². The highest BCUT2D eigenvalue weighted by molar-refractivity contribution is 7.99. The summed E-state index contributed by atoms with van der Waals surface area (Å²) in [4.78, 5) is 11.2. The number of ether oxygens (including phenoxy) is 2. The predicted molar refractivity (Wildman–Crippen MR) is 74.3 cm³/mol. The van der Waals surface area contributed by atoms with E-state index in [9.17, 15) is 4.79 Å². The zero-order valence-electron chi connectivity index (χ0n) is 11.7. The third-order valence-electron chi connectivity index (χ3n) is 3.62. The molecule has 0 aromatic carbocycles. The molecule has 1 aliphatic heterocycles. The smallest absolute Gasteiger partial charge is 0.303 e. The molecule has 1 rings (SSSR count). The lowest BCUT2D eigenvalue weighted by atomic mass is 9.83. The summed E-state index contributed by atoms with van der Waals surface area (Å²) in [5.74, 6) is 1.29. The molecule has 5 atom stereocenters. The van der Waals surface area contributed by atoms with Gasteiger partial charge in [0.2, 0.25) is 0 Å². The van der Waals surface area contributed by atoms with E-state index >= 15 is 0 Å². The molecule has 18 heavy (non-hydrogen) atoms. The molecule has 0 saturated carbocycles. The highest BCUT2D eigenvalue weighted by atomic mass is 32.2. The fourth-order valence-corrected chi connectivity index (χ4v) is 3.48. The van der Waals surface area contributed by atoms with Crippen LogP contribution >= 0.6 is 11.8 Å². The molecule has 0 aromatic rings. The van der Waals surface area contributed by atoms with Gasteiger partial charge in [-0.3, -0.25) is 4.79 Å². The van der Waals surface area contributed by atoms with E-state index in [1.165, 1.54) is 6.92 Å². The van der Waals surface area contributed by atoms with Gasteiger partial charge in [0.05, 0.1) is 6.10 Å². The summed E-state index contributed by atoms with van der Waals surface area (Å²) in [6.45, 7) is 8.50. The van der Waals surface area contributed by atoms with E-state index in [4.69, 9.17) is 15.2 Å². The Morgan fingerprint density at radius 1 is 1.39 bits per heavy atom. The van der Waals surface area contributed by atoms with Gasteiger partial charge in [0.1, 0.15) is 11.5 Å². The number of carbonyl (C=O) groups excluding carboxylic acids is 1. The van der Waals surface area contributed by atoms with E-state index in [2.05, 4.69) is 20.8 Å². The summed E-state index contributed by atoms with van der Waals surface area (Å²) in [6.07, 6.45) is 1.05. The third-order valence-corrected chi connectivity index (χ3v) is 4.79. The summed E-state index contributed by atoms with van der Waals surface area (Å²) < 4.78 is 11.5. The Balaban J connectivity index is 2.76. The van der Waals surface area contributed by atoms with Crippen LogP contribution in [0.25, 0.3) is 0 Å². The van der Waals surface area contributed by atoms with Gasteiger partial charge in [0.15, 0.2) is 0 Å². The van der Waals surface area contributed by atoms with Crippen LogP contribution in [-0.2, 0) is 14.3 Å². The maximum Gasteiger partial charge on any atom is 0.303 e. The van der Waals surface area contributed by atoms with E-state index in [1.807, 2.05) is 0 Å². The fraction of sp³-hybridized carbons (Fsp3) is 0.923. The van der Waals surface area contributed by atoms with Crippen molar-refractivity contribution in [2.75, 3.05) is 12.3 Å². The monoisotopic (exact) mass is 275 g/mol. The van der Waals surface area contributed by atoms with Gasteiger partial charge in [0.25, 0.3) is 0 Å². The zero-order valence-corrected chi connectivity index (χ0v) is 12.5. The number of nitrogens with two attached hydrogens (primary N) is 1. The van der Waals surface area contributed by atoms with Crippen LogP contribution in [0.3, 0.4) is 0 Å². The Bertz CT molecular complexity index is 275. The minimum atomic E-state index is -0.240. The molecule has 0 radical (unpaired) electrons. The number of rotatable bonds is 5. The predicted octanol–water partition coefficient (Wildman–Crippen LogP) is 2.02. The number of hydrogen-bond donors (Lipinski definition) is 1. The molecule has 2 N–H and O–H groups in total. The minimum absolute atomic E-state index is 0.0893. The Hall–Kier alpha value is -0.260. The molecule has 0 bridgehead atoms. The van der Waals surface area contributed by atoms with Crippen LogP contribution in [0, 0.1) is 11.8 Å². The highest BCUT2D eigenvalue weighted by Crippen LogP contribution is 2.38. The van der Waals surface area contributed by atoms with Crippen LogP contribution < -0.4 is 5.73 Å². The molecular weight excluding hydrogens is 250 g/mol. The maximum atomic E-state index is 11.2. The van der Waals surface area contributed by atoms with Crippen molar-refractivity contribution in [2.45, 2.75) is 51.8 Å². The van der Waals surface area contributed by atoms with Gasteiger partial charge in [0, 0.05) is 25.1 Å². The molecule has 1 saturated heterocycles. The van der Waals surface area contributed by atoms with Crippen LogP contribution in [0.4, 0.5) is 0 Å². The molecule has 106 valence electrons. The fourth-order valence-electron chi connectivity index (χ4n) is 2.40. The molecule has 2 unspecified atom stereocenters. The summed E-state index contributed by atoms with van der Waals surface area (Å²) in [5.41, 5.74) is 5.45. The first-order valence-corrected chi connectivity index (χ1v) is 7.70. The van der Waals surface area contributed by atoms with E-state index in [-0.39, 0.29) is 23.6 Å². The molecular formula is C13H25NO3S. The lowest BCUT2D eigenvalue weighted by molar-refractivity contribution is -0.176. The molecule has 0 spiro atoms. The summed E-state index contributed by atoms with van der Waals surface area (Å²) >= 11 is 1.65. The lowest BCUT2D eigenvalue weighted by Crippen LogP contribution is -2.49. The molecule has 5 heteroatoms. The molecule has 1 fully saturated rings. The molecule has 1 heterocycles. The first-order valence-electron chi connectivity index (χ1n) is 6.65. The summed E-state index contributed by atoms with van der Waals surface area (Å²) in [7, 11) is 0. The van der Waals surface area contributed by atoms with Crippen LogP contribution in [0.2, 0.25) is 0 Å². The van der Waals surface area contributed by atoms with Crippen molar-refractivity contribution >= 4 is 17.7 Å². The second-order valence-electron chi connectivity index (χ2n) is 4.90. The van der Waals surface area contributed by atoms with Crippen molar-refractivity contribution in [1.29, 1.82) is 0 Å². The Morgan fingerprint density at radius 2 is 2.06 bits per heavy atom. The number of esters is 1. The van der Waals surface area contributed by atoms with Gasteiger partial charge in [-0.2, -0.15) is 0 Å². The minimum Gasteiger partial charge on any atom is -0.459 e. The van der Waals surface area contributed by atoms with Crippen molar-refractivity contribution < 1.29 is 14.3 Å². The lowest BCUT2D eigenvalue weighted by Gasteiger charge is -2.43. The molecule has 1 aliphatic rings. The van der Waals surface area contributed by atoms with Gasteiger partial charge in [-0.15, -0.1) is 11.8 Å². The second kappa shape index (κ2) is 7.36. The quantitative estimate of drug-likeness (QED) is 0.778. The van der Waals surface area contributed by atoms with Gasteiger partial charge < -0.3 is 15.2 Å². The van der Waals surface area contributed by atoms with Gasteiger partial charge in [-0.25, -0.2) is 0 Å². The maximum absolute atomic E-state index is 11.2. The van der Waals surface area contributed by atoms with Crippen LogP contribution in [0.1, 0.15) is 34.1 Å². The Labute approximate surface area is 114 Å². The SMILES string of the molecule is CCC1O[C@H](SCCN)C(OC(C)=O)[C@@H](C)[C@@H]1C. The van der Waals surface area contributed by atoms with Gasteiger partial charge in [-0.1, -0.05) is 20.8 Å². The molecule has 0 aliphatic carbocycles. The van der Waals surface area contributed by atoms with E-state index in [1.54, 1.807) is 11.8 Å². The largest absolute Gasteiger partial charge is 0.459 e. The standard InChI is InChI=1S/C13H25NO3S/c1-5-11-8(2)9(3)12(16-10(4)15)13(17-11)18-7-6-14/h8-9,11-13H,5-7,14H2,1-4H3/t8-,9-,11?,12?,13+/m0/s1. The van der Waals surface area contributed by atoms with E-state index < -0.39 is 0 Å². The first-order chi connectivity index (χ1) is 8.51. The highest BCUT2D eigenvalue weighted by Gasteiger charge is 2.42. The normalized spacial score (nSPS) is 36.4. The molecule has 0 amide bonds.